The van der Waals surface area contributed by atoms with Crippen LogP contribution in [0, 0.1) is 20.8 Å². The molecular formula is C29H26O2. The SMILES string of the molecule is COc1ccc(C2(c3ccc(C)cc3)C=Cc3c(C)c(C)c4ccccc4c3O2)cc1. The Kier molecular flexibility index (Phi) is 4.59. The molecule has 4 aromatic carbocycles. The summed E-state index contributed by atoms with van der Waals surface area (Å²) in [6, 6.07) is 25.3. The summed E-state index contributed by atoms with van der Waals surface area (Å²) in [5.41, 5.74) is 6.41. The fourth-order valence-electron chi connectivity index (χ4n) is 4.55. The van der Waals surface area contributed by atoms with E-state index in [4.69, 9.17) is 9.47 Å². The minimum Gasteiger partial charge on any atom is -0.497 e. The molecule has 0 radical (unpaired) electrons. The van der Waals surface area contributed by atoms with E-state index in [9.17, 15) is 0 Å². The molecule has 2 heteroatoms. The van der Waals surface area contributed by atoms with E-state index in [-0.39, 0.29) is 0 Å². The summed E-state index contributed by atoms with van der Waals surface area (Å²) in [5.74, 6) is 1.78. The van der Waals surface area contributed by atoms with E-state index in [1.165, 1.54) is 22.1 Å². The molecule has 0 amide bonds. The van der Waals surface area contributed by atoms with Gasteiger partial charge in [-0.2, -0.15) is 0 Å². The quantitative estimate of drug-likeness (QED) is 0.360. The second-order valence-corrected chi connectivity index (χ2v) is 8.30. The van der Waals surface area contributed by atoms with Crippen molar-refractivity contribution < 1.29 is 9.47 Å². The van der Waals surface area contributed by atoms with Gasteiger partial charge < -0.3 is 9.47 Å². The zero-order chi connectivity index (χ0) is 21.6. The van der Waals surface area contributed by atoms with Crippen molar-refractivity contribution in [2.24, 2.45) is 0 Å². The van der Waals surface area contributed by atoms with E-state index in [1.807, 2.05) is 12.1 Å². The lowest BCUT2D eigenvalue weighted by atomic mass is 9.82. The van der Waals surface area contributed by atoms with Crippen LogP contribution in [0.3, 0.4) is 0 Å². The van der Waals surface area contributed by atoms with Crippen molar-refractivity contribution >= 4 is 16.8 Å². The highest BCUT2D eigenvalue weighted by Crippen LogP contribution is 2.47. The van der Waals surface area contributed by atoms with Crippen LogP contribution in [0.1, 0.15) is 33.4 Å². The van der Waals surface area contributed by atoms with Crippen molar-refractivity contribution in [2.75, 3.05) is 7.11 Å². The number of hydrogen-bond donors (Lipinski definition) is 0. The summed E-state index contributed by atoms with van der Waals surface area (Å²) >= 11 is 0. The molecule has 0 aliphatic carbocycles. The van der Waals surface area contributed by atoms with Crippen LogP contribution in [0.15, 0.2) is 78.9 Å². The first-order valence-electron chi connectivity index (χ1n) is 10.7. The number of hydrogen-bond acceptors (Lipinski definition) is 2. The van der Waals surface area contributed by atoms with Gasteiger partial charge in [0.25, 0.3) is 0 Å². The monoisotopic (exact) mass is 406 g/mol. The van der Waals surface area contributed by atoms with Crippen LogP contribution in [-0.4, -0.2) is 7.11 Å². The molecule has 0 saturated carbocycles. The lowest BCUT2D eigenvalue weighted by Gasteiger charge is -2.37. The molecule has 1 heterocycles. The Morgan fingerprint density at radius 1 is 0.710 bits per heavy atom. The smallest absolute Gasteiger partial charge is 0.178 e. The van der Waals surface area contributed by atoms with E-state index in [1.54, 1.807) is 7.11 Å². The average molecular weight is 407 g/mol. The molecule has 0 spiro atoms. The van der Waals surface area contributed by atoms with E-state index < -0.39 is 5.60 Å². The second kappa shape index (κ2) is 7.31. The Balaban J connectivity index is 1.78. The molecule has 2 nitrogen and oxygen atoms in total. The molecule has 0 fully saturated rings. The molecule has 1 unspecified atom stereocenters. The normalized spacial score (nSPS) is 17.3. The van der Waals surface area contributed by atoms with E-state index in [0.717, 1.165) is 33.6 Å². The van der Waals surface area contributed by atoms with E-state index >= 15 is 0 Å². The zero-order valence-corrected chi connectivity index (χ0v) is 18.4. The van der Waals surface area contributed by atoms with Crippen LogP contribution in [0.5, 0.6) is 11.5 Å². The summed E-state index contributed by atoms with van der Waals surface area (Å²) in [4.78, 5) is 0. The molecule has 1 aliphatic heterocycles. The standard InChI is InChI=1S/C29H26O2/c1-19-9-11-22(12-10-19)29(23-13-15-24(30-4)16-14-23)18-17-26-21(3)20(2)25-7-5-6-8-27(25)28(26)31-29/h5-18H,1-4H3. The fourth-order valence-corrected chi connectivity index (χ4v) is 4.55. The predicted octanol–water partition coefficient (Wildman–Crippen LogP) is 7.12. The Morgan fingerprint density at radius 2 is 1.32 bits per heavy atom. The van der Waals surface area contributed by atoms with Gasteiger partial charge in [0.05, 0.1) is 7.11 Å². The van der Waals surface area contributed by atoms with Gasteiger partial charge in [-0.3, -0.25) is 0 Å². The van der Waals surface area contributed by atoms with Gasteiger partial charge in [-0.25, -0.2) is 0 Å². The highest BCUT2D eigenvalue weighted by molar-refractivity contribution is 5.96. The lowest BCUT2D eigenvalue weighted by Crippen LogP contribution is -2.34. The third kappa shape index (κ3) is 3.02. The third-order valence-corrected chi connectivity index (χ3v) is 6.53. The van der Waals surface area contributed by atoms with Gasteiger partial charge in [0.2, 0.25) is 0 Å². The maximum absolute atomic E-state index is 7.03. The van der Waals surface area contributed by atoms with Crippen LogP contribution >= 0.6 is 0 Å². The Hall–Kier alpha value is -3.52. The molecular weight excluding hydrogens is 380 g/mol. The fraction of sp³-hybridized carbons (Fsp3) is 0.172. The molecule has 0 bridgehead atoms. The van der Waals surface area contributed by atoms with Crippen molar-refractivity contribution in [3.63, 3.8) is 0 Å². The topological polar surface area (TPSA) is 18.5 Å². The van der Waals surface area contributed by atoms with Crippen LogP contribution < -0.4 is 9.47 Å². The first-order valence-corrected chi connectivity index (χ1v) is 10.7. The Labute approximate surface area is 183 Å². The van der Waals surface area contributed by atoms with Gasteiger partial charge in [0.15, 0.2) is 5.60 Å². The maximum atomic E-state index is 7.03. The van der Waals surface area contributed by atoms with Crippen LogP contribution in [0.25, 0.3) is 16.8 Å². The lowest BCUT2D eigenvalue weighted by molar-refractivity contribution is 0.163. The molecule has 1 atom stereocenters. The number of benzene rings is 4. The number of methoxy groups -OCH3 is 1. The minimum absolute atomic E-state index is 0.711. The third-order valence-electron chi connectivity index (χ3n) is 6.53. The Morgan fingerprint density at radius 3 is 1.97 bits per heavy atom. The zero-order valence-electron chi connectivity index (χ0n) is 18.4. The van der Waals surface area contributed by atoms with Gasteiger partial charge in [-0.15, -0.1) is 0 Å². The van der Waals surface area contributed by atoms with Crippen molar-refractivity contribution in [3.05, 3.63) is 112 Å². The molecule has 0 saturated heterocycles. The number of aryl methyl sites for hydroxylation is 2. The van der Waals surface area contributed by atoms with Crippen LogP contribution in [-0.2, 0) is 5.60 Å². The van der Waals surface area contributed by atoms with Gasteiger partial charge in [-0.05, 0) is 55.5 Å². The van der Waals surface area contributed by atoms with Crippen LogP contribution in [0.2, 0.25) is 0 Å². The number of fused-ring (bicyclic) bond motifs is 3. The van der Waals surface area contributed by atoms with Gasteiger partial charge >= 0.3 is 0 Å². The molecule has 4 aromatic rings. The summed E-state index contributed by atoms with van der Waals surface area (Å²) < 4.78 is 12.4. The summed E-state index contributed by atoms with van der Waals surface area (Å²) in [6.07, 6.45) is 4.43. The van der Waals surface area contributed by atoms with Crippen molar-refractivity contribution in [1.82, 2.24) is 0 Å². The minimum atomic E-state index is -0.711. The van der Waals surface area contributed by atoms with Crippen LogP contribution in [0.4, 0.5) is 0 Å². The summed E-state index contributed by atoms with van der Waals surface area (Å²) in [7, 11) is 1.69. The summed E-state index contributed by atoms with van der Waals surface area (Å²) in [5, 5.41) is 2.39. The van der Waals surface area contributed by atoms with Gasteiger partial charge in [0.1, 0.15) is 11.5 Å². The van der Waals surface area contributed by atoms with Gasteiger partial charge in [-0.1, -0.05) is 72.3 Å². The maximum Gasteiger partial charge on any atom is 0.178 e. The average Bonchev–Trinajstić information content (AvgIpc) is 2.82. The van der Waals surface area contributed by atoms with Crippen molar-refractivity contribution in [1.29, 1.82) is 0 Å². The number of ether oxygens (including phenoxy) is 2. The first kappa shape index (κ1) is 19.4. The van der Waals surface area contributed by atoms with Crippen molar-refractivity contribution in [2.45, 2.75) is 26.4 Å². The molecule has 0 aromatic heterocycles. The largest absolute Gasteiger partial charge is 0.497 e. The molecule has 154 valence electrons. The molecule has 5 rings (SSSR count). The Bertz CT molecular complexity index is 1300. The van der Waals surface area contributed by atoms with Gasteiger partial charge in [0, 0.05) is 22.1 Å². The summed E-state index contributed by atoms with van der Waals surface area (Å²) in [6.45, 7) is 6.48. The highest BCUT2D eigenvalue weighted by Gasteiger charge is 2.38. The molecule has 31 heavy (non-hydrogen) atoms. The van der Waals surface area contributed by atoms with E-state index in [0.29, 0.717) is 0 Å². The highest BCUT2D eigenvalue weighted by atomic mass is 16.5. The molecule has 0 N–H and O–H groups in total. The molecule has 1 aliphatic rings. The number of rotatable bonds is 3. The predicted molar refractivity (Wildman–Crippen MR) is 128 cm³/mol. The van der Waals surface area contributed by atoms with E-state index in [2.05, 4.69) is 93.6 Å². The van der Waals surface area contributed by atoms with Crippen molar-refractivity contribution in [3.8, 4) is 11.5 Å². The second-order valence-electron chi connectivity index (χ2n) is 8.30. The first-order chi connectivity index (χ1) is 15.0.